The van der Waals surface area contributed by atoms with E-state index in [4.69, 9.17) is 14.2 Å². The molecule has 3 heterocycles. The van der Waals surface area contributed by atoms with Gasteiger partial charge in [0, 0.05) is 39.0 Å². The Labute approximate surface area is 116 Å². The van der Waals surface area contributed by atoms with Crippen molar-refractivity contribution in [2.24, 2.45) is 5.92 Å². The fourth-order valence-corrected chi connectivity index (χ4v) is 3.66. The van der Waals surface area contributed by atoms with Crippen LogP contribution in [0, 0.1) is 5.92 Å². The van der Waals surface area contributed by atoms with Crippen LogP contribution in [-0.4, -0.2) is 50.7 Å². The van der Waals surface area contributed by atoms with E-state index in [1.54, 1.807) is 0 Å². The SMILES string of the molecule is CC1OCCC1CNC1CCOC2(CCOCC2)C1. The quantitative estimate of drug-likeness (QED) is 0.847. The molecule has 0 bridgehead atoms. The minimum absolute atomic E-state index is 0.103. The second-order valence-electron chi connectivity index (χ2n) is 6.37. The average molecular weight is 269 g/mol. The summed E-state index contributed by atoms with van der Waals surface area (Å²) < 4.78 is 17.2. The zero-order valence-electron chi connectivity index (χ0n) is 12.0. The molecule has 0 radical (unpaired) electrons. The Bertz CT molecular complexity index is 286. The molecule has 1 spiro atoms. The molecule has 0 saturated carbocycles. The Hall–Kier alpha value is -0.160. The van der Waals surface area contributed by atoms with Crippen molar-refractivity contribution in [3.05, 3.63) is 0 Å². The molecule has 3 rings (SSSR count). The molecule has 0 amide bonds. The van der Waals surface area contributed by atoms with E-state index in [1.165, 1.54) is 6.42 Å². The van der Waals surface area contributed by atoms with Gasteiger partial charge >= 0.3 is 0 Å². The summed E-state index contributed by atoms with van der Waals surface area (Å²) >= 11 is 0. The standard InChI is InChI=1S/C15H27NO3/c1-12-13(2-6-18-12)11-16-14-3-7-19-15(10-14)4-8-17-9-5-15/h12-14,16H,2-11H2,1H3. The van der Waals surface area contributed by atoms with Crippen LogP contribution in [0.2, 0.25) is 0 Å². The Balaban J connectivity index is 1.48. The summed E-state index contributed by atoms with van der Waals surface area (Å²) in [5, 5.41) is 3.76. The summed E-state index contributed by atoms with van der Waals surface area (Å²) in [6, 6.07) is 0.611. The van der Waals surface area contributed by atoms with Gasteiger partial charge in [0.25, 0.3) is 0 Å². The van der Waals surface area contributed by atoms with Gasteiger partial charge in [-0.2, -0.15) is 0 Å². The first-order valence-electron chi connectivity index (χ1n) is 7.84. The maximum Gasteiger partial charge on any atom is 0.0741 e. The first-order valence-corrected chi connectivity index (χ1v) is 7.84. The predicted octanol–water partition coefficient (Wildman–Crippen LogP) is 1.73. The second-order valence-corrected chi connectivity index (χ2v) is 6.37. The van der Waals surface area contributed by atoms with E-state index < -0.39 is 0 Å². The van der Waals surface area contributed by atoms with E-state index in [-0.39, 0.29) is 5.60 Å². The second kappa shape index (κ2) is 6.08. The lowest BCUT2D eigenvalue weighted by molar-refractivity contribution is -0.140. The maximum absolute atomic E-state index is 6.08. The molecule has 3 saturated heterocycles. The zero-order chi connectivity index (χ0) is 13.1. The summed E-state index contributed by atoms with van der Waals surface area (Å²) in [6.45, 7) is 6.85. The molecule has 3 aliphatic heterocycles. The van der Waals surface area contributed by atoms with Gasteiger partial charge in [0.2, 0.25) is 0 Å². The van der Waals surface area contributed by atoms with Gasteiger partial charge in [-0.05, 0) is 44.9 Å². The van der Waals surface area contributed by atoms with Gasteiger partial charge in [-0.15, -0.1) is 0 Å². The number of hydrogen-bond acceptors (Lipinski definition) is 4. The van der Waals surface area contributed by atoms with Gasteiger partial charge in [-0.1, -0.05) is 0 Å². The highest BCUT2D eigenvalue weighted by Crippen LogP contribution is 2.34. The molecule has 3 unspecified atom stereocenters. The van der Waals surface area contributed by atoms with Gasteiger partial charge in [-0.3, -0.25) is 0 Å². The molecule has 1 N–H and O–H groups in total. The monoisotopic (exact) mass is 269 g/mol. The van der Waals surface area contributed by atoms with Crippen LogP contribution < -0.4 is 5.32 Å². The summed E-state index contributed by atoms with van der Waals surface area (Å²) in [7, 11) is 0. The molecular weight excluding hydrogens is 242 g/mol. The van der Waals surface area contributed by atoms with Crippen molar-refractivity contribution >= 4 is 0 Å². The van der Waals surface area contributed by atoms with Crippen molar-refractivity contribution in [1.29, 1.82) is 0 Å². The van der Waals surface area contributed by atoms with Gasteiger partial charge in [0.1, 0.15) is 0 Å². The van der Waals surface area contributed by atoms with Crippen molar-refractivity contribution in [2.75, 3.05) is 33.0 Å². The summed E-state index contributed by atoms with van der Waals surface area (Å²) in [5.74, 6) is 0.688. The highest BCUT2D eigenvalue weighted by molar-refractivity contribution is 4.92. The highest BCUT2D eigenvalue weighted by atomic mass is 16.5. The molecule has 19 heavy (non-hydrogen) atoms. The first kappa shape index (κ1) is 13.8. The smallest absolute Gasteiger partial charge is 0.0741 e. The van der Waals surface area contributed by atoms with Gasteiger partial charge in [-0.25, -0.2) is 0 Å². The Kier molecular flexibility index (Phi) is 4.42. The van der Waals surface area contributed by atoms with Crippen molar-refractivity contribution in [1.82, 2.24) is 5.32 Å². The van der Waals surface area contributed by atoms with E-state index in [0.29, 0.717) is 18.1 Å². The topological polar surface area (TPSA) is 39.7 Å². The van der Waals surface area contributed by atoms with Crippen molar-refractivity contribution in [3.63, 3.8) is 0 Å². The Morgan fingerprint density at radius 3 is 2.68 bits per heavy atom. The minimum Gasteiger partial charge on any atom is -0.381 e. The average Bonchev–Trinajstić information content (AvgIpc) is 2.83. The summed E-state index contributed by atoms with van der Waals surface area (Å²) in [6.07, 6.45) is 6.05. The largest absolute Gasteiger partial charge is 0.381 e. The van der Waals surface area contributed by atoms with Crippen LogP contribution in [-0.2, 0) is 14.2 Å². The van der Waals surface area contributed by atoms with Crippen molar-refractivity contribution < 1.29 is 14.2 Å². The molecule has 110 valence electrons. The fraction of sp³-hybridized carbons (Fsp3) is 1.00. The van der Waals surface area contributed by atoms with Crippen LogP contribution in [0.1, 0.15) is 39.0 Å². The molecule has 0 aromatic rings. The third kappa shape index (κ3) is 3.30. The van der Waals surface area contributed by atoms with Crippen LogP contribution in [0.3, 0.4) is 0 Å². The normalized spacial score (nSPS) is 38.7. The van der Waals surface area contributed by atoms with E-state index in [1.807, 2.05) is 0 Å². The van der Waals surface area contributed by atoms with E-state index in [9.17, 15) is 0 Å². The predicted molar refractivity (Wildman–Crippen MR) is 73.3 cm³/mol. The lowest BCUT2D eigenvalue weighted by atomic mass is 9.84. The highest BCUT2D eigenvalue weighted by Gasteiger charge is 2.39. The van der Waals surface area contributed by atoms with E-state index in [2.05, 4.69) is 12.2 Å². The summed E-state index contributed by atoms with van der Waals surface area (Å²) in [4.78, 5) is 0. The summed E-state index contributed by atoms with van der Waals surface area (Å²) in [5.41, 5.74) is 0.103. The molecule has 4 nitrogen and oxygen atoms in total. The lowest BCUT2D eigenvalue weighted by Gasteiger charge is -2.43. The third-order valence-corrected chi connectivity index (χ3v) is 5.10. The van der Waals surface area contributed by atoms with Crippen molar-refractivity contribution in [2.45, 2.75) is 56.8 Å². The van der Waals surface area contributed by atoms with Gasteiger partial charge in [0.05, 0.1) is 11.7 Å². The molecular formula is C15H27NO3. The molecule has 0 aromatic carbocycles. The van der Waals surface area contributed by atoms with Crippen LogP contribution in [0.15, 0.2) is 0 Å². The minimum atomic E-state index is 0.103. The third-order valence-electron chi connectivity index (χ3n) is 5.10. The molecule has 0 aliphatic carbocycles. The molecule has 3 aliphatic rings. The van der Waals surface area contributed by atoms with Crippen LogP contribution in [0.5, 0.6) is 0 Å². The fourth-order valence-electron chi connectivity index (χ4n) is 3.66. The number of ether oxygens (including phenoxy) is 3. The number of hydrogen-bond donors (Lipinski definition) is 1. The number of rotatable bonds is 3. The van der Waals surface area contributed by atoms with E-state index in [0.717, 1.165) is 58.7 Å². The van der Waals surface area contributed by atoms with Crippen LogP contribution >= 0.6 is 0 Å². The first-order chi connectivity index (χ1) is 9.27. The molecule has 3 atom stereocenters. The van der Waals surface area contributed by atoms with Crippen LogP contribution in [0.4, 0.5) is 0 Å². The van der Waals surface area contributed by atoms with Crippen LogP contribution in [0.25, 0.3) is 0 Å². The lowest BCUT2D eigenvalue weighted by Crippen LogP contribution is -2.50. The molecule has 4 heteroatoms. The molecule has 0 aromatic heterocycles. The van der Waals surface area contributed by atoms with E-state index >= 15 is 0 Å². The Morgan fingerprint density at radius 1 is 1.11 bits per heavy atom. The van der Waals surface area contributed by atoms with Gasteiger partial charge in [0.15, 0.2) is 0 Å². The molecule has 3 fully saturated rings. The zero-order valence-corrected chi connectivity index (χ0v) is 12.0. The van der Waals surface area contributed by atoms with Crippen molar-refractivity contribution in [3.8, 4) is 0 Å². The maximum atomic E-state index is 6.08. The Morgan fingerprint density at radius 2 is 1.95 bits per heavy atom. The van der Waals surface area contributed by atoms with Gasteiger partial charge < -0.3 is 19.5 Å². The number of nitrogens with one attached hydrogen (secondary N) is 1.